The van der Waals surface area contributed by atoms with Gasteiger partial charge < -0.3 is 30.6 Å². The van der Waals surface area contributed by atoms with Gasteiger partial charge in [0.25, 0.3) is 0 Å². The van der Waals surface area contributed by atoms with E-state index in [1.54, 1.807) is 24.3 Å². The van der Waals surface area contributed by atoms with E-state index >= 15 is 0 Å². The van der Waals surface area contributed by atoms with Gasteiger partial charge in [0.1, 0.15) is 24.7 Å². The molecule has 173 valence electrons. The van der Waals surface area contributed by atoms with Crippen LogP contribution in [0.1, 0.15) is 25.8 Å². The number of hydrogen-bond acceptors (Lipinski definition) is 6. The molecule has 1 aromatic rings. The summed E-state index contributed by atoms with van der Waals surface area (Å²) in [7, 11) is 1.37. The van der Waals surface area contributed by atoms with E-state index in [9.17, 15) is 14.4 Å². The van der Waals surface area contributed by atoms with E-state index in [1.165, 1.54) is 7.48 Å². The van der Waals surface area contributed by atoms with E-state index in [-0.39, 0.29) is 18.6 Å². The first kappa shape index (κ1) is 27.1. The third-order valence-electron chi connectivity index (χ3n) is 4.60. The van der Waals surface area contributed by atoms with Crippen molar-refractivity contribution >= 4 is 25.6 Å². The predicted molar refractivity (Wildman–Crippen MR) is 125 cm³/mol. The van der Waals surface area contributed by atoms with Crippen LogP contribution in [0, 0.1) is 5.92 Å². The molecule has 0 aliphatic carbocycles. The maximum absolute atomic E-state index is 13.0. The van der Waals surface area contributed by atoms with Gasteiger partial charge in [0.2, 0.25) is 11.8 Å². The van der Waals surface area contributed by atoms with Gasteiger partial charge in [-0.2, -0.15) is 0 Å². The number of nitrogens with one attached hydrogen (secondary N) is 2. The molecule has 0 saturated heterocycles. The molecule has 4 N–H and O–H groups in total. The summed E-state index contributed by atoms with van der Waals surface area (Å²) in [5, 5.41) is 5.41. The summed E-state index contributed by atoms with van der Waals surface area (Å²) in [6, 6.07) is 5.81. The van der Waals surface area contributed by atoms with E-state index in [2.05, 4.69) is 23.8 Å². The molecule has 0 spiro atoms. The fourth-order valence-corrected chi connectivity index (χ4v) is 2.90. The van der Waals surface area contributed by atoms with Gasteiger partial charge in [0, 0.05) is 5.82 Å². The van der Waals surface area contributed by atoms with Crippen LogP contribution >= 0.6 is 0 Å². The van der Waals surface area contributed by atoms with Gasteiger partial charge in [0.05, 0.1) is 12.8 Å². The Hall–Kier alpha value is -2.91. The Bertz CT molecular complexity index is 755. The standard InChI is InChI=1S/C23H33BN3O5/c1-5-7-18(14-28)26-23(30)21(16(3)4)27-22(29)20(24-32-15-25)13-17-8-10-19(11-9-17)31-12-6-2/h5-6,8-11,14,16,18,20-21H,1-2,7,12-13,15,25H2,3-4H3,(H,26,30)(H,27,29)/t18-,20-,21-/m0/s1. The first-order valence-corrected chi connectivity index (χ1v) is 10.5. The van der Waals surface area contributed by atoms with Crippen molar-refractivity contribution < 1.29 is 23.8 Å². The number of rotatable bonds is 16. The molecule has 0 saturated carbocycles. The molecule has 0 unspecified atom stereocenters. The Labute approximate surface area is 190 Å². The van der Waals surface area contributed by atoms with Crippen LogP contribution in [0.15, 0.2) is 49.6 Å². The molecule has 32 heavy (non-hydrogen) atoms. The molecule has 2 amide bonds. The van der Waals surface area contributed by atoms with E-state index < -0.39 is 23.8 Å². The Morgan fingerprint density at radius 2 is 1.81 bits per heavy atom. The highest BCUT2D eigenvalue weighted by atomic mass is 16.5. The molecule has 0 fully saturated rings. The highest BCUT2D eigenvalue weighted by Gasteiger charge is 2.30. The Balaban J connectivity index is 2.89. The lowest BCUT2D eigenvalue weighted by atomic mass is 9.75. The van der Waals surface area contributed by atoms with Crippen LogP contribution in [-0.2, 0) is 25.5 Å². The van der Waals surface area contributed by atoms with Crippen molar-refractivity contribution in [3.8, 4) is 5.75 Å². The van der Waals surface area contributed by atoms with Gasteiger partial charge >= 0.3 is 7.48 Å². The monoisotopic (exact) mass is 442 g/mol. The fraction of sp³-hybridized carbons (Fsp3) is 0.435. The van der Waals surface area contributed by atoms with Gasteiger partial charge in [-0.1, -0.05) is 44.7 Å². The summed E-state index contributed by atoms with van der Waals surface area (Å²) in [6.07, 6.45) is 4.50. The van der Waals surface area contributed by atoms with Crippen molar-refractivity contribution in [3.05, 3.63) is 55.1 Å². The minimum Gasteiger partial charge on any atom is -0.490 e. The zero-order valence-corrected chi connectivity index (χ0v) is 18.8. The van der Waals surface area contributed by atoms with E-state index in [0.29, 0.717) is 31.5 Å². The molecule has 9 heteroatoms. The largest absolute Gasteiger partial charge is 0.490 e. The Kier molecular flexibility index (Phi) is 12.7. The van der Waals surface area contributed by atoms with Crippen molar-refractivity contribution in [2.24, 2.45) is 11.7 Å². The second-order valence-electron chi connectivity index (χ2n) is 7.53. The summed E-state index contributed by atoms with van der Waals surface area (Å²) in [5.74, 6) is -1.01. The molecule has 3 atom stereocenters. The number of ether oxygens (including phenoxy) is 1. The van der Waals surface area contributed by atoms with E-state index in [4.69, 9.17) is 15.1 Å². The summed E-state index contributed by atoms with van der Waals surface area (Å²) in [4.78, 5) is 36.8. The lowest BCUT2D eigenvalue weighted by Crippen LogP contribution is -2.53. The third kappa shape index (κ3) is 9.49. The van der Waals surface area contributed by atoms with Crippen molar-refractivity contribution in [3.63, 3.8) is 0 Å². The molecule has 1 aromatic carbocycles. The lowest BCUT2D eigenvalue weighted by molar-refractivity contribution is -0.131. The Morgan fingerprint density at radius 3 is 2.34 bits per heavy atom. The number of hydrogen-bond donors (Lipinski definition) is 3. The van der Waals surface area contributed by atoms with Gasteiger partial charge in [-0.05, 0) is 36.5 Å². The number of carbonyl (C=O) groups excluding carboxylic acids is 3. The molecule has 0 heterocycles. The summed E-state index contributed by atoms with van der Waals surface area (Å²) in [5.41, 5.74) is 6.30. The summed E-state index contributed by atoms with van der Waals surface area (Å²) >= 11 is 0. The number of amides is 2. The molecule has 1 radical (unpaired) electrons. The molecule has 0 aliphatic heterocycles. The summed E-state index contributed by atoms with van der Waals surface area (Å²) < 4.78 is 10.6. The highest BCUT2D eigenvalue weighted by molar-refractivity contribution is 6.37. The highest BCUT2D eigenvalue weighted by Crippen LogP contribution is 2.19. The van der Waals surface area contributed by atoms with Crippen LogP contribution in [-0.4, -0.2) is 51.0 Å². The van der Waals surface area contributed by atoms with Crippen LogP contribution in [0.5, 0.6) is 5.75 Å². The molecule has 8 nitrogen and oxygen atoms in total. The van der Waals surface area contributed by atoms with Crippen molar-refractivity contribution in [2.45, 2.75) is 44.6 Å². The molecule has 1 rings (SSSR count). The first-order chi connectivity index (χ1) is 15.4. The van der Waals surface area contributed by atoms with Crippen molar-refractivity contribution in [1.29, 1.82) is 0 Å². The average molecular weight is 442 g/mol. The quantitative estimate of drug-likeness (QED) is 0.155. The number of nitrogens with two attached hydrogens (primary N) is 1. The second kappa shape index (κ2) is 15.0. The van der Waals surface area contributed by atoms with E-state index in [0.717, 1.165) is 5.56 Å². The summed E-state index contributed by atoms with van der Waals surface area (Å²) in [6.45, 7) is 11.1. The fourth-order valence-electron chi connectivity index (χ4n) is 2.90. The van der Waals surface area contributed by atoms with Crippen LogP contribution in [0.3, 0.4) is 0 Å². The zero-order chi connectivity index (χ0) is 23.9. The smallest absolute Gasteiger partial charge is 0.307 e. The van der Waals surface area contributed by atoms with Gasteiger partial charge in [-0.25, -0.2) is 0 Å². The van der Waals surface area contributed by atoms with Crippen LogP contribution in [0.25, 0.3) is 0 Å². The average Bonchev–Trinajstić information content (AvgIpc) is 2.78. The van der Waals surface area contributed by atoms with Gasteiger partial charge in [-0.3, -0.25) is 9.59 Å². The van der Waals surface area contributed by atoms with Crippen LogP contribution in [0.4, 0.5) is 0 Å². The minimum atomic E-state index is -0.821. The van der Waals surface area contributed by atoms with Crippen molar-refractivity contribution in [1.82, 2.24) is 10.6 Å². The number of aldehydes is 1. The third-order valence-corrected chi connectivity index (χ3v) is 4.60. The van der Waals surface area contributed by atoms with Crippen molar-refractivity contribution in [2.75, 3.05) is 13.3 Å². The maximum Gasteiger partial charge on any atom is 0.307 e. The van der Waals surface area contributed by atoms with Gasteiger partial charge in [0.15, 0.2) is 0 Å². The van der Waals surface area contributed by atoms with Gasteiger partial charge in [-0.15, -0.1) is 6.58 Å². The van der Waals surface area contributed by atoms with Crippen LogP contribution in [0.2, 0.25) is 5.82 Å². The predicted octanol–water partition coefficient (Wildman–Crippen LogP) is 1.54. The number of carbonyl (C=O) groups is 3. The zero-order valence-electron chi connectivity index (χ0n) is 18.8. The SMILES string of the molecule is C=CCOc1ccc(C[C@H]([B]OCN)C(=O)N[C@H](C(=O)N[C@H](C=O)CC=C)C(C)C)cc1. The molecular weight excluding hydrogens is 409 g/mol. The van der Waals surface area contributed by atoms with E-state index in [1.807, 2.05) is 26.0 Å². The molecular formula is C23H33BN3O5. The topological polar surface area (TPSA) is 120 Å². The molecule has 0 aromatic heterocycles. The maximum atomic E-state index is 13.0. The first-order valence-electron chi connectivity index (χ1n) is 10.5. The number of benzene rings is 1. The molecule has 0 bridgehead atoms. The second-order valence-corrected chi connectivity index (χ2v) is 7.53. The lowest BCUT2D eigenvalue weighted by Gasteiger charge is -2.25. The minimum absolute atomic E-state index is 0.0746. The molecule has 0 aliphatic rings. The van der Waals surface area contributed by atoms with Crippen LogP contribution < -0.4 is 21.1 Å². The Morgan fingerprint density at radius 1 is 1.12 bits per heavy atom. The normalized spacial score (nSPS) is 13.4.